The molecule has 2 heteroatoms. The van der Waals surface area contributed by atoms with E-state index in [0.29, 0.717) is 0 Å². The molecule has 0 aliphatic rings. The minimum Gasteiger partial charge on any atom is -0.384 e. The molecular weight excluding hydrogens is 252 g/mol. The Balaban J connectivity index is 2.25. The van der Waals surface area contributed by atoms with E-state index in [1.54, 1.807) is 0 Å². The molecule has 0 heterocycles. The zero-order valence-corrected chi connectivity index (χ0v) is 12.5. The van der Waals surface area contributed by atoms with Crippen molar-refractivity contribution in [2.24, 2.45) is 0 Å². The molecule has 0 bridgehead atoms. The molecule has 0 aromatic heterocycles. The molecule has 1 N–H and O–H groups in total. The summed E-state index contributed by atoms with van der Waals surface area (Å²) in [6, 6.07) is 14.4. The van der Waals surface area contributed by atoms with Crippen molar-refractivity contribution in [1.82, 2.24) is 0 Å². The zero-order chi connectivity index (χ0) is 13.8. The number of aliphatic hydroxyl groups is 1. The van der Waals surface area contributed by atoms with Gasteiger partial charge in [0.15, 0.2) is 0 Å². The number of benzene rings is 2. The molecule has 2 rings (SSSR count). The smallest absolute Gasteiger partial charge is 0.104 e. The second kappa shape index (κ2) is 6.27. The highest BCUT2D eigenvalue weighted by atomic mass is 32.2. The molecule has 0 amide bonds. The summed E-state index contributed by atoms with van der Waals surface area (Å²) in [7, 11) is 0. The predicted molar refractivity (Wildman–Crippen MR) is 82.8 cm³/mol. The Kier molecular flexibility index (Phi) is 4.67. The summed E-state index contributed by atoms with van der Waals surface area (Å²) in [5.41, 5.74) is 4.29. The van der Waals surface area contributed by atoms with Gasteiger partial charge in [0.25, 0.3) is 0 Å². The van der Waals surface area contributed by atoms with E-state index >= 15 is 0 Å². The van der Waals surface area contributed by atoms with Gasteiger partial charge in [-0.2, -0.15) is 0 Å². The van der Waals surface area contributed by atoms with Gasteiger partial charge in [0.05, 0.1) is 0 Å². The molecule has 19 heavy (non-hydrogen) atoms. The maximum atomic E-state index is 10.5. The van der Waals surface area contributed by atoms with Crippen LogP contribution in [0.25, 0.3) is 0 Å². The normalized spacial score (nSPS) is 12.4. The molecule has 0 spiro atoms. The molecule has 0 saturated heterocycles. The Bertz CT molecular complexity index is 525. The van der Waals surface area contributed by atoms with Gasteiger partial charge in [-0.15, -0.1) is 11.8 Å². The average Bonchev–Trinajstić information content (AvgIpc) is 2.38. The van der Waals surface area contributed by atoms with Gasteiger partial charge < -0.3 is 5.11 Å². The predicted octanol–water partition coefficient (Wildman–Crippen LogP) is 4.50. The number of hydrogen-bond acceptors (Lipinski definition) is 2. The van der Waals surface area contributed by atoms with Gasteiger partial charge in [-0.25, -0.2) is 0 Å². The van der Waals surface area contributed by atoms with E-state index in [1.165, 1.54) is 16.0 Å². The van der Waals surface area contributed by atoms with Crippen LogP contribution in [0, 0.1) is 13.8 Å². The summed E-state index contributed by atoms with van der Waals surface area (Å²) in [4.78, 5) is 1.25. The van der Waals surface area contributed by atoms with E-state index < -0.39 is 6.10 Å². The third-order valence-corrected chi connectivity index (χ3v) is 3.96. The standard InChI is InChI=1S/C17H20OS/c1-4-19-16-7-5-14(6-8-16)17(18)15-10-12(2)9-13(3)11-15/h5-11,17-18H,4H2,1-3H3. The Morgan fingerprint density at radius 3 is 2.05 bits per heavy atom. The fourth-order valence-electron chi connectivity index (χ4n) is 2.27. The van der Waals surface area contributed by atoms with Crippen molar-refractivity contribution in [3.63, 3.8) is 0 Å². The van der Waals surface area contributed by atoms with E-state index in [0.717, 1.165) is 16.9 Å². The largest absolute Gasteiger partial charge is 0.384 e. The third-order valence-electron chi connectivity index (χ3n) is 3.07. The van der Waals surface area contributed by atoms with Crippen LogP contribution in [-0.4, -0.2) is 10.9 Å². The van der Waals surface area contributed by atoms with Crippen molar-refractivity contribution in [1.29, 1.82) is 0 Å². The van der Waals surface area contributed by atoms with Crippen molar-refractivity contribution >= 4 is 11.8 Å². The van der Waals surface area contributed by atoms with Crippen LogP contribution >= 0.6 is 11.8 Å². The molecular formula is C17H20OS. The van der Waals surface area contributed by atoms with Crippen molar-refractivity contribution < 1.29 is 5.11 Å². The highest BCUT2D eigenvalue weighted by molar-refractivity contribution is 7.99. The highest BCUT2D eigenvalue weighted by Gasteiger charge is 2.11. The Morgan fingerprint density at radius 1 is 0.947 bits per heavy atom. The molecule has 0 radical (unpaired) electrons. The van der Waals surface area contributed by atoms with Gasteiger partial charge >= 0.3 is 0 Å². The van der Waals surface area contributed by atoms with Crippen LogP contribution in [0.5, 0.6) is 0 Å². The van der Waals surface area contributed by atoms with Gasteiger partial charge in [-0.1, -0.05) is 48.4 Å². The van der Waals surface area contributed by atoms with Gasteiger partial charge in [0, 0.05) is 4.90 Å². The number of rotatable bonds is 4. The first kappa shape index (κ1) is 14.2. The van der Waals surface area contributed by atoms with E-state index in [2.05, 4.69) is 39.0 Å². The highest BCUT2D eigenvalue weighted by Crippen LogP contribution is 2.26. The second-order valence-electron chi connectivity index (χ2n) is 4.83. The number of aliphatic hydroxyl groups excluding tert-OH is 1. The molecule has 1 nitrogen and oxygen atoms in total. The third kappa shape index (κ3) is 3.62. The minimum atomic E-state index is -0.542. The van der Waals surface area contributed by atoms with Crippen molar-refractivity contribution in [2.75, 3.05) is 5.75 Å². The molecule has 0 aliphatic carbocycles. The van der Waals surface area contributed by atoms with Crippen LogP contribution in [0.1, 0.15) is 35.3 Å². The fraction of sp³-hybridized carbons (Fsp3) is 0.294. The first-order valence-electron chi connectivity index (χ1n) is 6.59. The van der Waals surface area contributed by atoms with E-state index in [4.69, 9.17) is 0 Å². The zero-order valence-electron chi connectivity index (χ0n) is 11.7. The lowest BCUT2D eigenvalue weighted by molar-refractivity contribution is 0.220. The maximum absolute atomic E-state index is 10.5. The summed E-state index contributed by atoms with van der Waals surface area (Å²) in [5.74, 6) is 1.07. The Labute approximate surface area is 119 Å². The molecule has 1 atom stereocenters. The van der Waals surface area contributed by atoms with Crippen molar-refractivity contribution in [3.05, 3.63) is 64.7 Å². The lowest BCUT2D eigenvalue weighted by atomic mass is 9.98. The van der Waals surface area contributed by atoms with Crippen LogP contribution in [0.15, 0.2) is 47.4 Å². The van der Waals surface area contributed by atoms with Crippen LogP contribution in [0.3, 0.4) is 0 Å². The quantitative estimate of drug-likeness (QED) is 0.827. The topological polar surface area (TPSA) is 20.2 Å². The Morgan fingerprint density at radius 2 is 1.53 bits per heavy atom. The summed E-state index contributed by atoms with van der Waals surface area (Å²) in [6.07, 6.45) is -0.542. The minimum absolute atomic E-state index is 0.542. The van der Waals surface area contributed by atoms with Gasteiger partial charge in [0.2, 0.25) is 0 Å². The molecule has 0 fully saturated rings. The average molecular weight is 272 g/mol. The molecule has 0 aliphatic heterocycles. The number of hydrogen-bond donors (Lipinski definition) is 1. The summed E-state index contributed by atoms with van der Waals surface area (Å²) in [6.45, 7) is 6.26. The maximum Gasteiger partial charge on any atom is 0.104 e. The van der Waals surface area contributed by atoms with Crippen LogP contribution in [0.2, 0.25) is 0 Å². The monoisotopic (exact) mass is 272 g/mol. The Hall–Kier alpha value is -1.25. The summed E-state index contributed by atoms with van der Waals surface area (Å²) < 4.78 is 0. The fourth-order valence-corrected chi connectivity index (χ4v) is 2.94. The van der Waals surface area contributed by atoms with E-state index in [1.807, 2.05) is 36.0 Å². The molecule has 1 unspecified atom stereocenters. The second-order valence-corrected chi connectivity index (χ2v) is 6.16. The lowest BCUT2D eigenvalue weighted by Crippen LogP contribution is -2.00. The van der Waals surface area contributed by atoms with E-state index in [-0.39, 0.29) is 0 Å². The lowest BCUT2D eigenvalue weighted by Gasteiger charge is -2.13. The first-order valence-corrected chi connectivity index (χ1v) is 7.57. The molecule has 2 aromatic rings. The number of thioether (sulfide) groups is 1. The van der Waals surface area contributed by atoms with Crippen LogP contribution in [0.4, 0.5) is 0 Å². The van der Waals surface area contributed by atoms with Crippen molar-refractivity contribution in [3.8, 4) is 0 Å². The van der Waals surface area contributed by atoms with Gasteiger partial charge in [-0.3, -0.25) is 0 Å². The van der Waals surface area contributed by atoms with Gasteiger partial charge in [-0.05, 0) is 42.9 Å². The number of aryl methyl sites for hydroxylation is 2. The molecule has 2 aromatic carbocycles. The van der Waals surface area contributed by atoms with Gasteiger partial charge in [0.1, 0.15) is 6.10 Å². The first-order chi connectivity index (χ1) is 9.10. The van der Waals surface area contributed by atoms with Crippen LogP contribution in [-0.2, 0) is 0 Å². The van der Waals surface area contributed by atoms with E-state index in [9.17, 15) is 5.11 Å². The SMILES string of the molecule is CCSc1ccc(C(O)c2cc(C)cc(C)c2)cc1. The van der Waals surface area contributed by atoms with Crippen LogP contribution < -0.4 is 0 Å². The molecule has 100 valence electrons. The summed E-state index contributed by atoms with van der Waals surface area (Å²) >= 11 is 1.81. The summed E-state index contributed by atoms with van der Waals surface area (Å²) in [5, 5.41) is 10.5. The molecule has 0 saturated carbocycles. The van der Waals surface area contributed by atoms with Crippen molar-refractivity contribution in [2.45, 2.75) is 31.8 Å².